The smallest absolute Gasteiger partial charge is 0.251 e. The number of hydrogen-bond acceptors (Lipinski definition) is 1. The van der Waals surface area contributed by atoms with Crippen molar-refractivity contribution in [2.45, 2.75) is 24.1 Å². The average Bonchev–Trinajstić information content (AvgIpc) is 2.90. The van der Waals surface area contributed by atoms with Crippen LogP contribution in [0, 0.1) is 5.92 Å². The fourth-order valence-electron chi connectivity index (χ4n) is 2.90. The standard InChI is InChI=1S/C17H17Br2NO/c18-15-5-1-11(7-15)10-20-17(21)14-3-2-13-9-16(19)6-4-12(13)8-14/h2-4,6,8-9,11,15H,1,5,7,10H2,(H,20,21). The van der Waals surface area contributed by atoms with Gasteiger partial charge in [-0.15, -0.1) is 0 Å². The van der Waals surface area contributed by atoms with Gasteiger partial charge in [0.1, 0.15) is 0 Å². The molecule has 2 aromatic rings. The molecular formula is C17H17Br2NO. The summed E-state index contributed by atoms with van der Waals surface area (Å²) >= 11 is 7.11. The van der Waals surface area contributed by atoms with Crippen molar-refractivity contribution in [2.75, 3.05) is 6.54 Å². The van der Waals surface area contributed by atoms with E-state index in [2.05, 4.69) is 43.2 Å². The summed E-state index contributed by atoms with van der Waals surface area (Å²) in [5.74, 6) is 0.632. The van der Waals surface area contributed by atoms with E-state index in [1.54, 1.807) is 0 Å². The van der Waals surface area contributed by atoms with Crippen LogP contribution in [-0.4, -0.2) is 17.3 Å². The van der Waals surface area contributed by atoms with Crippen molar-refractivity contribution >= 4 is 48.5 Å². The molecule has 0 radical (unpaired) electrons. The molecule has 0 spiro atoms. The predicted octanol–water partition coefficient (Wildman–Crippen LogP) is 4.90. The van der Waals surface area contributed by atoms with Crippen molar-refractivity contribution in [3.05, 3.63) is 46.4 Å². The first kappa shape index (κ1) is 15.0. The molecule has 0 heterocycles. The number of halogens is 2. The second-order valence-electron chi connectivity index (χ2n) is 5.69. The summed E-state index contributed by atoms with van der Waals surface area (Å²) in [6.45, 7) is 0.777. The molecule has 21 heavy (non-hydrogen) atoms. The normalized spacial score (nSPS) is 21.6. The summed E-state index contributed by atoms with van der Waals surface area (Å²) in [7, 11) is 0. The zero-order valence-corrected chi connectivity index (χ0v) is 14.8. The summed E-state index contributed by atoms with van der Waals surface area (Å²) in [5, 5.41) is 5.30. The van der Waals surface area contributed by atoms with Crippen molar-refractivity contribution < 1.29 is 4.79 Å². The Hall–Kier alpha value is -0.870. The summed E-state index contributed by atoms with van der Waals surface area (Å²) < 4.78 is 1.05. The number of alkyl halides is 1. The number of amides is 1. The van der Waals surface area contributed by atoms with Gasteiger partial charge in [0, 0.05) is 21.4 Å². The Balaban J connectivity index is 1.68. The van der Waals surface area contributed by atoms with Gasteiger partial charge >= 0.3 is 0 Å². The van der Waals surface area contributed by atoms with Crippen LogP contribution in [0.4, 0.5) is 0 Å². The van der Waals surface area contributed by atoms with Crippen molar-refractivity contribution in [1.29, 1.82) is 0 Å². The first-order valence-electron chi connectivity index (χ1n) is 7.23. The van der Waals surface area contributed by atoms with E-state index in [4.69, 9.17) is 0 Å². The molecule has 3 rings (SSSR count). The van der Waals surface area contributed by atoms with Crippen molar-refractivity contribution in [2.24, 2.45) is 5.92 Å². The Morgan fingerprint density at radius 3 is 2.67 bits per heavy atom. The number of carbonyl (C=O) groups is 1. The van der Waals surface area contributed by atoms with Gasteiger partial charge in [0.25, 0.3) is 5.91 Å². The van der Waals surface area contributed by atoms with Crippen LogP contribution in [0.2, 0.25) is 0 Å². The second-order valence-corrected chi connectivity index (χ2v) is 7.90. The lowest BCUT2D eigenvalue weighted by molar-refractivity contribution is 0.0947. The molecule has 2 unspecified atom stereocenters. The molecule has 2 aromatic carbocycles. The van der Waals surface area contributed by atoms with Crippen LogP contribution in [0.1, 0.15) is 29.6 Å². The molecule has 0 saturated heterocycles. The highest BCUT2D eigenvalue weighted by atomic mass is 79.9. The average molecular weight is 411 g/mol. The maximum absolute atomic E-state index is 12.3. The highest BCUT2D eigenvalue weighted by molar-refractivity contribution is 9.10. The van der Waals surface area contributed by atoms with Gasteiger partial charge in [-0.1, -0.05) is 44.0 Å². The van der Waals surface area contributed by atoms with Gasteiger partial charge in [-0.2, -0.15) is 0 Å². The van der Waals surface area contributed by atoms with Gasteiger partial charge in [-0.3, -0.25) is 4.79 Å². The van der Waals surface area contributed by atoms with E-state index in [0.29, 0.717) is 10.7 Å². The Morgan fingerprint density at radius 1 is 1.14 bits per heavy atom. The van der Waals surface area contributed by atoms with Crippen molar-refractivity contribution in [3.63, 3.8) is 0 Å². The quantitative estimate of drug-likeness (QED) is 0.716. The fourth-order valence-corrected chi connectivity index (χ4v) is 4.07. The zero-order valence-electron chi connectivity index (χ0n) is 11.6. The molecule has 110 valence electrons. The first-order valence-corrected chi connectivity index (χ1v) is 8.94. The van der Waals surface area contributed by atoms with Crippen LogP contribution in [0.3, 0.4) is 0 Å². The predicted molar refractivity (Wildman–Crippen MR) is 94.0 cm³/mol. The minimum Gasteiger partial charge on any atom is -0.352 e. The number of hydrogen-bond donors (Lipinski definition) is 1. The summed E-state index contributed by atoms with van der Waals surface area (Å²) in [6, 6.07) is 11.9. The lowest BCUT2D eigenvalue weighted by atomic mass is 10.1. The van der Waals surface area contributed by atoms with Gasteiger partial charge in [-0.25, -0.2) is 0 Å². The lowest BCUT2D eigenvalue weighted by Gasteiger charge is -2.11. The van der Waals surface area contributed by atoms with E-state index in [-0.39, 0.29) is 5.91 Å². The molecule has 1 N–H and O–H groups in total. The molecule has 1 fully saturated rings. The van der Waals surface area contributed by atoms with Gasteiger partial charge in [-0.05, 0) is 60.2 Å². The Kier molecular flexibility index (Phi) is 4.65. The van der Waals surface area contributed by atoms with Crippen molar-refractivity contribution in [3.8, 4) is 0 Å². The minimum atomic E-state index is 0.0258. The van der Waals surface area contributed by atoms with E-state index >= 15 is 0 Å². The lowest BCUT2D eigenvalue weighted by Crippen LogP contribution is -2.28. The number of carbonyl (C=O) groups excluding carboxylic acids is 1. The van der Waals surface area contributed by atoms with Crippen LogP contribution in [0.15, 0.2) is 40.9 Å². The third kappa shape index (κ3) is 3.67. The van der Waals surface area contributed by atoms with Gasteiger partial charge in [0.2, 0.25) is 0 Å². The maximum atomic E-state index is 12.3. The topological polar surface area (TPSA) is 29.1 Å². The Bertz CT molecular complexity index is 671. The summed E-state index contributed by atoms with van der Waals surface area (Å²) in [6.07, 6.45) is 3.57. The van der Waals surface area contributed by atoms with Crippen LogP contribution in [0.25, 0.3) is 10.8 Å². The molecule has 1 amide bonds. The molecule has 4 heteroatoms. The minimum absolute atomic E-state index is 0.0258. The van der Waals surface area contributed by atoms with E-state index in [9.17, 15) is 4.79 Å². The molecule has 1 aliphatic carbocycles. The number of benzene rings is 2. The SMILES string of the molecule is O=C(NCC1CCC(Br)C1)c1ccc2cc(Br)ccc2c1. The number of nitrogens with one attached hydrogen (secondary N) is 1. The molecular weight excluding hydrogens is 394 g/mol. The van der Waals surface area contributed by atoms with Crippen LogP contribution in [-0.2, 0) is 0 Å². The largest absolute Gasteiger partial charge is 0.352 e. The summed E-state index contributed by atoms with van der Waals surface area (Å²) in [4.78, 5) is 12.9. The number of fused-ring (bicyclic) bond motifs is 1. The first-order chi connectivity index (χ1) is 10.1. The van der Waals surface area contributed by atoms with Crippen LogP contribution >= 0.6 is 31.9 Å². The van der Waals surface area contributed by atoms with Gasteiger partial charge in [0.15, 0.2) is 0 Å². The molecule has 2 nitrogen and oxygen atoms in total. The molecule has 1 saturated carbocycles. The zero-order chi connectivity index (χ0) is 14.8. The Morgan fingerprint density at radius 2 is 1.90 bits per heavy atom. The fraction of sp³-hybridized carbons (Fsp3) is 0.353. The Labute approximate surface area is 141 Å². The van der Waals surface area contributed by atoms with E-state index in [1.165, 1.54) is 12.8 Å². The number of rotatable bonds is 3. The molecule has 0 aromatic heterocycles. The van der Waals surface area contributed by atoms with Gasteiger partial charge in [0.05, 0.1) is 0 Å². The monoisotopic (exact) mass is 409 g/mol. The molecule has 0 aliphatic heterocycles. The van der Waals surface area contributed by atoms with E-state index < -0.39 is 0 Å². The molecule has 1 aliphatic rings. The van der Waals surface area contributed by atoms with Crippen LogP contribution in [0.5, 0.6) is 0 Å². The van der Waals surface area contributed by atoms with E-state index in [1.807, 2.05) is 30.3 Å². The maximum Gasteiger partial charge on any atom is 0.251 e. The highest BCUT2D eigenvalue weighted by Gasteiger charge is 2.22. The molecule has 2 atom stereocenters. The third-order valence-electron chi connectivity index (χ3n) is 4.09. The van der Waals surface area contributed by atoms with Crippen molar-refractivity contribution in [1.82, 2.24) is 5.32 Å². The van der Waals surface area contributed by atoms with Gasteiger partial charge < -0.3 is 5.32 Å². The van der Waals surface area contributed by atoms with Crippen LogP contribution < -0.4 is 5.32 Å². The third-order valence-corrected chi connectivity index (χ3v) is 5.42. The molecule has 0 bridgehead atoms. The highest BCUT2D eigenvalue weighted by Crippen LogP contribution is 2.30. The van der Waals surface area contributed by atoms with E-state index in [0.717, 1.165) is 33.8 Å². The second kappa shape index (κ2) is 6.49. The summed E-state index contributed by atoms with van der Waals surface area (Å²) in [5.41, 5.74) is 0.734.